The summed E-state index contributed by atoms with van der Waals surface area (Å²) in [7, 11) is 3.45. The van der Waals surface area contributed by atoms with Crippen molar-refractivity contribution in [3.05, 3.63) is 39.5 Å². The van der Waals surface area contributed by atoms with Crippen LogP contribution in [0.5, 0.6) is 0 Å². The molecule has 3 heterocycles. The van der Waals surface area contributed by atoms with Crippen molar-refractivity contribution in [2.24, 2.45) is 0 Å². The van der Waals surface area contributed by atoms with E-state index in [1.807, 2.05) is 32.9 Å². The predicted molar refractivity (Wildman–Crippen MR) is 169 cm³/mol. The quantitative estimate of drug-likeness (QED) is 0.452. The Morgan fingerprint density at radius 1 is 1.16 bits per heavy atom. The smallest absolute Gasteiger partial charge is 0.410 e. The molecule has 13 heteroatoms. The van der Waals surface area contributed by atoms with Gasteiger partial charge in [-0.2, -0.15) is 10.2 Å². The lowest BCUT2D eigenvalue weighted by molar-refractivity contribution is -0.128. The fourth-order valence-electron chi connectivity index (χ4n) is 5.29. The summed E-state index contributed by atoms with van der Waals surface area (Å²) in [5.74, 6) is 1.20. The average Bonchev–Trinajstić information content (AvgIpc) is 3.15. The van der Waals surface area contributed by atoms with Crippen LogP contribution in [0.1, 0.15) is 51.3 Å². The van der Waals surface area contributed by atoms with Gasteiger partial charge in [-0.3, -0.25) is 4.79 Å². The highest BCUT2D eigenvalue weighted by Gasteiger charge is 2.35. The standard InChI is InChI=1S/C30H40Cl2N8O3/c1-30(2,3)43-29(42)40-17-16-39(18-20(40)11-13-33)27-21-8-7-15-38(24-10-6-9-22(31)26(24)32)19-23(21)35-28(36-27)34-14-12-25(41)37(4)5/h6,9-10,20H,7-8,11-12,14-19H2,1-5H3,(H,34,35,36). The van der Waals surface area contributed by atoms with Gasteiger partial charge < -0.3 is 29.7 Å². The number of piperazine rings is 1. The van der Waals surface area contributed by atoms with Crippen LogP contribution in [0, 0.1) is 11.3 Å². The summed E-state index contributed by atoms with van der Waals surface area (Å²) >= 11 is 13.0. The zero-order chi connectivity index (χ0) is 31.3. The zero-order valence-electron chi connectivity index (χ0n) is 25.5. The molecule has 2 aromatic rings. The third-order valence-corrected chi connectivity index (χ3v) is 8.21. The number of ether oxygens (including phenoxy) is 1. The summed E-state index contributed by atoms with van der Waals surface area (Å²) in [6.07, 6.45) is 1.63. The van der Waals surface area contributed by atoms with Gasteiger partial charge in [0.05, 0.1) is 46.5 Å². The van der Waals surface area contributed by atoms with E-state index in [1.54, 1.807) is 30.0 Å². The van der Waals surface area contributed by atoms with Crippen LogP contribution in [0.4, 0.5) is 22.2 Å². The summed E-state index contributed by atoms with van der Waals surface area (Å²) < 4.78 is 5.64. The largest absolute Gasteiger partial charge is 0.444 e. The third kappa shape index (κ3) is 8.12. The number of rotatable bonds is 7. The molecule has 1 fully saturated rings. The summed E-state index contributed by atoms with van der Waals surface area (Å²) in [5.41, 5.74) is 2.08. The minimum atomic E-state index is -0.637. The molecule has 1 unspecified atom stereocenters. The molecule has 43 heavy (non-hydrogen) atoms. The van der Waals surface area contributed by atoms with Crippen molar-refractivity contribution >= 4 is 52.7 Å². The second-order valence-corrected chi connectivity index (χ2v) is 12.8. The molecule has 0 radical (unpaired) electrons. The maximum atomic E-state index is 13.0. The summed E-state index contributed by atoms with van der Waals surface area (Å²) in [6, 6.07) is 7.48. The average molecular weight is 632 g/mol. The van der Waals surface area contributed by atoms with Crippen molar-refractivity contribution < 1.29 is 14.3 Å². The van der Waals surface area contributed by atoms with Gasteiger partial charge >= 0.3 is 6.09 Å². The van der Waals surface area contributed by atoms with E-state index in [1.165, 1.54) is 0 Å². The lowest BCUT2D eigenvalue weighted by Gasteiger charge is -2.42. The van der Waals surface area contributed by atoms with E-state index in [2.05, 4.69) is 21.2 Å². The summed E-state index contributed by atoms with van der Waals surface area (Å²) in [5, 5.41) is 13.8. The van der Waals surface area contributed by atoms with Gasteiger partial charge in [-0.25, -0.2) is 9.78 Å². The molecule has 232 valence electrons. The van der Waals surface area contributed by atoms with E-state index < -0.39 is 11.7 Å². The SMILES string of the molecule is CN(C)C(=O)CCNc1nc2c(c(N3CCN(C(=O)OC(C)(C)C)C(CC#N)C3)n1)CCCN(c1cccc(Cl)c1Cl)C2. The van der Waals surface area contributed by atoms with Crippen LogP contribution >= 0.6 is 23.2 Å². The Balaban J connectivity index is 1.67. The molecule has 0 bridgehead atoms. The summed E-state index contributed by atoms with van der Waals surface area (Å²) in [4.78, 5) is 42.6. The number of halogens is 2. The van der Waals surface area contributed by atoms with E-state index in [-0.39, 0.29) is 18.4 Å². The lowest BCUT2D eigenvalue weighted by atomic mass is 10.1. The maximum Gasteiger partial charge on any atom is 0.410 e. The molecule has 11 nitrogen and oxygen atoms in total. The van der Waals surface area contributed by atoms with Crippen molar-refractivity contribution in [1.82, 2.24) is 19.8 Å². The van der Waals surface area contributed by atoms with E-state index in [9.17, 15) is 14.9 Å². The first-order valence-corrected chi connectivity index (χ1v) is 15.3. The van der Waals surface area contributed by atoms with Crippen LogP contribution in [0.2, 0.25) is 10.0 Å². The van der Waals surface area contributed by atoms with Gasteiger partial charge in [-0.05, 0) is 45.7 Å². The number of nitrogens with zero attached hydrogens (tertiary/aromatic N) is 7. The molecule has 0 saturated carbocycles. The monoisotopic (exact) mass is 630 g/mol. The molecule has 0 aliphatic carbocycles. The molecule has 2 aliphatic heterocycles. The minimum absolute atomic E-state index is 0.00173. The molecule has 1 aromatic heterocycles. The van der Waals surface area contributed by atoms with Gasteiger partial charge in [0, 0.05) is 58.8 Å². The highest BCUT2D eigenvalue weighted by Crippen LogP contribution is 2.36. The second-order valence-electron chi connectivity index (χ2n) is 12.0. The molecule has 2 amide bonds. The highest BCUT2D eigenvalue weighted by atomic mass is 35.5. The van der Waals surface area contributed by atoms with Gasteiger partial charge in [0.15, 0.2) is 0 Å². The molecule has 1 saturated heterocycles. The van der Waals surface area contributed by atoms with Gasteiger partial charge in [-0.1, -0.05) is 29.3 Å². The Morgan fingerprint density at radius 3 is 2.63 bits per heavy atom. The number of carbonyl (C=O) groups excluding carboxylic acids is 2. The van der Waals surface area contributed by atoms with Gasteiger partial charge in [0.2, 0.25) is 11.9 Å². The van der Waals surface area contributed by atoms with Crippen LogP contribution in [0.3, 0.4) is 0 Å². The molecule has 0 spiro atoms. The van der Waals surface area contributed by atoms with Crippen LogP contribution in [-0.2, 0) is 22.5 Å². The number of aromatic nitrogens is 2. The van der Waals surface area contributed by atoms with Crippen molar-refractivity contribution in [3.8, 4) is 6.07 Å². The number of amides is 2. The van der Waals surface area contributed by atoms with Gasteiger partial charge in [0.25, 0.3) is 0 Å². The Bertz CT molecular complexity index is 1370. The molecule has 1 atom stereocenters. The van der Waals surface area contributed by atoms with Crippen LogP contribution < -0.4 is 15.1 Å². The number of hydrogen-bond donors (Lipinski definition) is 1. The molecule has 1 N–H and O–H groups in total. The molecular weight excluding hydrogens is 591 g/mol. The van der Waals surface area contributed by atoms with Crippen molar-refractivity contribution in [2.75, 3.05) is 61.9 Å². The van der Waals surface area contributed by atoms with E-state index in [4.69, 9.17) is 37.9 Å². The number of fused-ring (bicyclic) bond motifs is 1. The topological polar surface area (TPSA) is 118 Å². The number of nitrogens with one attached hydrogen (secondary N) is 1. The highest BCUT2D eigenvalue weighted by molar-refractivity contribution is 6.43. The second kappa shape index (κ2) is 13.9. The third-order valence-electron chi connectivity index (χ3n) is 7.40. The number of benzene rings is 1. The number of anilines is 3. The van der Waals surface area contributed by atoms with Crippen LogP contribution in [-0.4, -0.2) is 90.2 Å². The van der Waals surface area contributed by atoms with Crippen LogP contribution in [0.15, 0.2) is 18.2 Å². The van der Waals surface area contributed by atoms with E-state index >= 15 is 0 Å². The number of nitriles is 1. The Kier molecular flexibility index (Phi) is 10.5. The lowest BCUT2D eigenvalue weighted by Crippen LogP contribution is -2.56. The fourth-order valence-corrected chi connectivity index (χ4v) is 5.70. The zero-order valence-corrected chi connectivity index (χ0v) is 27.0. The predicted octanol–water partition coefficient (Wildman–Crippen LogP) is 4.97. The van der Waals surface area contributed by atoms with Crippen molar-refractivity contribution in [1.29, 1.82) is 5.26 Å². The van der Waals surface area contributed by atoms with Crippen LogP contribution in [0.25, 0.3) is 0 Å². The first-order valence-electron chi connectivity index (χ1n) is 14.5. The van der Waals surface area contributed by atoms with E-state index in [0.717, 1.165) is 42.1 Å². The molecule has 1 aromatic carbocycles. The Morgan fingerprint density at radius 2 is 1.93 bits per heavy atom. The van der Waals surface area contributed by atoms with Crippen molar-refractivity contribution in [3.63, 3.8) is 0 Å². The van der Waals surface area contributed by atoms with Gasteiger partial charge in [-0.15, -0.1) is 0 Å². The fraction of sp³-hybridized carbons (Fsp3) is 0.567. The Hall–Kier alpha value is -3.49. The van der Waals surface area contributed by atoms with Crippen molar-refractivity contribution in [2.45, 2.75) is 64.6 Å². The molecular formula is C30H40Cl2N8O3. The normalized spacial score (nSPS) is 17.1. The van der Waals surface area contributed by atoms with Gasteiger partial charge in [0.1, 0.15) is 11.4 Å². The number of carbonyl (C=O) groups is 2. The number of hydrogen-bond acceptors (Lipinski definition) is 9. The molecule has 2 aliphatic rings. The minimum Gasteiger partial charge on any atom is -0.444 e. The summed E-state index contributed by atoms with van der Waals surface area (Å²) in [6.45, 7) is 8.46. The molecule has 4 rings (SSSR count). The first kappa shape index (κ1) is 32.4. The Labute approximate surface area is 263 Å². The first-order chi connectivity index (χ1) is 20.4. The van der Waals surface area contributed by atoms with E-state index in [0.29, 0.717) is 55.1 Å². The maximum absolute atomic E-state index is 13.0.